The molecule has 38 heavy (non-hydrogen) atoms. The Kier molecular flexibility index (Phi) is 11.2. The lowest BCUT2D eigenvalue weighted by Gasteiger charge is -2.30. The van der Waals surface area contributed by atoms with Gasteiger partial charge in [-0.1, -0.05) is 37.6 Å². The van der Waals surface area contributed by atoms with Gasteiger partial charge in [0, 0.05) is 23.0 Å². The van der Waals surface area contributed by atoms with Crippen molar-refractivity contribution in [1.82, 2.24) is 9.80 Å². The second-order valence-corrected chi connectivity index (χ2v) is 10.7. The van der Waals surface area contributed by atoms with Crippen LogP contribution in [0.3, 0.4) is 0 Å². The zero-order chi connectivity index (χ0) is 27.5. The minimum absolute atomic E-state index is 0.0331. The standard InChI is InChI=1S/C31H40N2O4S/c1-6-7-9-24-11-14-26(15-12-24)31(35)33(23(2)3)22-30(34)32(21-27-10-8-19-38-27)18-17-25-13-16-28(36-4)29(20-25)37-5/h8,10-16,19-20,23H,6-7,9,17-18,21-22H2,1-5H3. The van der Waals surface area contributed by atoms with Gasteiger partial charge in [0.25, 0.3) is 5.91 Å². The number of carbonyl (C=O) groups excluding carboxylic acids is 2. The van der Waals surface area contributed by atoms with Crippen LogP contribution >= 0.6 is 11.3 Å². The highest BCUT2D eigenvalue weighted by molar-refractivity contribution is 7.09. The highest BCUT2D eigenvalue weighted by Gasteiger charge is 2.25. The molecule has 0 bridgehead atoms. The van der Waals surface area contributed by atoms with E-state index in [0.29, 0.717) is 36.6 Å². The van der Waals surface area contributed by atoms with Crippen LogP contribution in [0.4, 0.5) is 0 Å². The topological polar surface area (TPSA) is 59.1 Å². The summed E-state index contributed by atoms with van der Waals surface area (Å²) in [5.74, 6) is 1.15. The molecule has 204 valence electrons. The van der Waals surface area contributed by atoms with E-state index in [2.05, 4.69) is 6.92 Å². The third-order valence-corrected chi connectivity index (χ3v) is 7.47. The van der Waals surface area contributed by atoms with Crippen LogP contribution in [0.5, 0.6) is 11.5 Å². The Labute approximate surface area is 231 Å². The second kappa shape index (κ2) is 14.6. The average molecular weight is 537 g/mol. The number of amides is 2. The van der Waals surface area contributed by atoms with Gasteiger partial charge in [0.2, 0.25) is 5.91 Å². The van der Waals surface area contributed by atoms with Crippen molar-refractivity contribution in [2.45, 2.75) is 59.0 Å². The van der Waals surface area contributed by atoms with Crippen molar-refractivity contribution in [3.05, 3.63) is 81.5 Å². The molecule has 1 aromatic heterocycles. The molecular weight excluding hydrogens is 496 g/mol. The van der Waals surface area contributed by atoms with Gasteiger partial charge in [-0.25, -0.2) is 0 Å². The van der Waals surface area contributed by atoms with E-state index in [1.54, 1.807) is 30.5 Å². The van der Waals surface area contributed by atoms with Crippen LogP contribution in [0.15, 0.2) is 60.0 Å². The summed E-state index contributed by atoms with van der Waals surface area (Å²) in [5.41, 5.74) is 2.89. The molecule has 7 heteroatoms. The van der Waals surface area contributed by atoms with Crippen molar-refractivity contribution in [2.75, 3.05) is 27.3 Å². The molecule has 0 N–H and O–H groups in total. The minimum atomic E-state index is -0.119. The predicted molar refractivity (Wildman–Crippen MR) is 154 cm³/mol. The van der Waals surface area contributed by atoms with E-state index < -0.39 is 0 Å². The molecule has 0 aliphatic carbocycles. The van der Waals surface area contributed by atoms with Crippen LogP contribution in [0.2, 0.25) is 0 Å². The summed E-state index contributed by atoms with van der Waals surface area (Å²) in [4.78, 5) is 31.7. The number of hydrogen-bond acceptors (Lipinski definition) is 5. The molecule has 0 saturated heterocycles. The van der Waals surface area contributed by atoms with E-state index in [4.69, 9.17) is 9.47 Å². The summed E-state index contributed by atoms with van der Waals surface area (Å²) in [7, 11) is 3.23. The van der Waals surface area contributed by atoms with E-state index >= 15 is 0 Å². The first kappa shape index (κ1) is 29.2. The fraction of sp³-hybridized carbons (Fsp3) is 0.419. The highest BCUT2D eigenvalue weighted by Crippen LogP contribution is 2.28. The second-order valence-electron chi connectivity index (χ2n) is 9.66. The van der Waals surface area contributed by atoms with Gasteiger partial charge in [-0.3, -0.25) is 9.59 Å². The lowest BCUT2D eigenvalue weighted by molar-refractivity contribution is -0.132. The molecule has 0 spiro atoms. The van der Waals surface area contributed by atoms with Gasteiger partial charge in [-0.2, -0.15) is 0 Å². The van der Waals surface area contributed by atoms with Gasteiger partial charge in [0.05, 0.1) is 20.8 Å². The van der Waals surface area contributed by atoms with Crippen LogP contribution in [0.25, 0.3) is 0 Å². The van der Waals surface area contributed by atoms with Crippen molar-refractivity contribution in [3.8, 4) is 11.5 Å². The summed E-state index contributed by atoms with van der Waals surface area (Å²) in [6, 6.07) is 17.5. The Bertz CT molecular complexity index is 1160. The van der Waals surface area contributed by atoms with E-state index in [1.807, 2.05) is 78.7 Å². The van der Waals surface area contributed by atoms with E-state index in [0.717, 1.165) is 29.7 Å². The minimum Gasteiger partial charge on any atom is -0.493 e. The molecule has 1 heterocycles. The quantitative estimate of drug-likeness (QED) is 0.245. The number of thiophene rings is 1. The third kappa shape index (κ3) is 8.09. The number of unbranched alkanes of at least 4 members (excludes halogenated alkanes) is 1. The summed E-state index contributed by atoms with van der Waals surface area (Å²) < 4.78 is 10.8. The fourth-order valence-electron chi connectivity index (χ4n) is 4.28. The molecule has 0 saturated carbocycles. The molecular formula is C31H40N2O4S. The maximum absolute atomic E-state index is 13.6. The highest BCUT2D eigenvalue weighted by atomic mass is 32.1. The Morgan fingerprint density at radius 3 is 2.24 bits per heavy atom. The summed E-state index contributed by atoms with van der Waals surface area (Å²) in [6.45, 7) is 7.15. The molecule has 3 aromatic rings. The number of methoxy groups -OCH3 is 2. The molecule has 0 aliphatic heterocycles. The zero-order valence-electron chi connectivity index (χ0n) is 23.2. The molecule has 3 rings (SSSR count). The van der Waals surface area contributed by atoms with Crippen molar-refractivity contribution in [2.24, 2.45) is 0 Å². The lowest BCUT2D eigenvalue weighted by Crippen LogP contribution is -2.46. The SMILES string of the molecule is CCCCc1ccc(C(=O)N(CC(=O)N(CCc2ccc(OC)c(OC)c2)Cc2cccs2)C(C)C)cc1. The fourth-order valence-corrected chi connectivity index (χ4v) is 5.00. The Morgan fingerprint density at radius 1 is 0.921 bits per heavy atom. The number of hydrogen-bond donors (Lipinski definition) is 0. The monoisotopic (exact) mass is 536 g/mol. The Balaban J connectivity index is 1.74. The number of aryl methyl sites for hydroxylation is 1. The summed E-state index contributed by atoms with van der Waals surface area (Å²) in [6.07, 6.45) is 3.93. The lowest BCUT2D eigenvalue weighted by atomic mass is 10.1. The van der Waals surface area contributed by atoms with Crippen LogP contribution in [0.1, 0.15) is 60.0 Å². The van der Waals surface area contributed by atoms with E-state index in [9.17, 15) is 9.59 Å². The van der Waals surface area contributed by atoms with E-state index in [1.165, 1.54) is 5.56 Å². The average Bonchev–Trinajstić information content (AvgIpc) is 3.45. The maximum Gasteiger partial charge on any atom is 0.254 e. The molecule has 0 fully saturated rings. The van der Waals surface area contributed by atoms with Crippen LogP contribution in [0, 0.1) is 0 Å². The molecule has 0 aliphatic rings. The number of benzene rings is 2. The van der Waals surface area contributed by atoms with Crippen LogP contribution in [-0.4, -0.2) is 55.0 Å². The first-order valence-corrected chi connectivity index (χ1v) is 14.1. The summed E-state index contributed by atoms with van der Waals surface area (Å²) >= 11 is 1.63. The first-order valence-electron chi connectivity index (χ1n) is 13.3. The molecule has 0 unspecified atom stereocenters. The van der Waals surface area contributed by atoms with Gasteiger partial charge in [0.1, 0.15) is 6.54 Å². The molecule has 2 aromatic carbocycles. The van der Waals surface area contributed by atoms with Crippen molar-refractivity contribution in [3.63, 3.8) is 0 Å². The molecule has 2 amide bonds. The van der Waals surface area contributed by atoms with Gasteiger partial charge < -0.3 is 19.3 Å². The number of carbonyl (C=O) groups is 2. The van der Waals surface area contributed by atoms with Crippen LogP contribution in [-0.2, 0) is 24.2 Å². The van der Waals surface area contributed by atoms with Crippen LogP contribution < -0.4 is 9.47 Å². The smallest absolute Gasteiger partial charge is 0.254 e. The number of nitrogens with zero attached hydrogens (tertiary/aromatic N) is 2. The van der Waals surface area contributed by atoms with Gasteiger partial charge in [0.15, 0.2) is 11.5 Å². The van der Waals surface area contributed by atoms with Crippen molar-refractivity contribution >= 4 is 23.2 Å². The van der Waals surface area contributed by atoms with Crippen molar-refractivity contribution < 1.29 is 19.1 Å². The zero-order valence-corrected chi connectivity index (χ0v) is 24.1. The predicted octanol–water partition coefficient (Wildman–Crippen LogP) is 6.23. The number of ether oxygens (including phenoxy) is 2. The molecule has 0 atom stereocenters. The van der Waals surface area contributed by atoms with Crippen molar-refractivity contribution in [1.29, 1.82) is 0 Å². The Morgan fingerprint density at radius 2 is 1.63 bits per heavy atom. The molecule has 6 nitrogen and oxygen atoms in total. The Hall–Kier alpha value is -3.32. The third-order valence-electron chi connectivity index (χ3n) is 6.61. The van der Waals surface area contributed by atoms with Gasteiger partial charge in [-0.05, 0) is 79.9 Å². The first-order chi connectivity index (χ1) is 18.4. The largest absolute Gasteiger partial charge is 0.493 e. The van der Waals surface area contributed by atoms with Gasteiger partial charge >= 0.3 is 0 Å². The summed E-state index contributed by atoms with van der Waals surface area (Å²) in [5, 5.41) is 2.01. The normalized spacial score (nSPS) is 10.9. The van der Waals surface area contributed by atoms with Gasteiger partial charge in [-0.15, -0.1) is 11.3 Å². The molecule has 0 radical (unpaired) electrons. The van der Waals surface area contributed by atoms with E-state index in [-0.39, 0.29) is 24.4 Å². The maximum atomic E-state index is 13.6. The number of rotatable bonds is 14.